The molecule has 1 N–H and O–H groups in total. The van der Waals surface area contributed by atoms with Crippen molar-refractivity contribution in [1.29, 1.82) is 0 Å². The topological polar surface area (TPSA) is 101 Å². The molecule has 39 heavy (non-hydrogen) atoms. The number of rotatable bonds is 3. The van der Waals surface area contributed by atoms with E-state index in [-0.39, 0.29) is 63.4 Å². The number of hydrogen-bond acceptors (Lipinski definition) is 6. The zero-order chi connectivity index (χ0) is 27.7. The number of halogens is 3. The number of allylic oxidation sites excluding steroid dienone is 6. The van der Waals surface area contributed by atoms with Gasteiger partial charge in [0.15, 0.2) is 23.1 Å². The highest BCUT2D eigenvalue weighted by atomic mass is 79.9. The van der Waals surface area contributed by atoms with E-state index in [0.29, 0.717) is 20.7 Å². The van der Waals surface area contributed by atoms with E-state index in [9.17, 15) is 24.3 Å². The van der Waals surface area contributed by atoms with E-state index in [1.165, 1.54) is 18.1 Å². The summed E-state index contributed by atoms with van der Waals surface area (Å²) in [5.74, 6) is -3.98. The van der Waals surface area contributed by atoms with Crippen molar-refractivity contribution in [2.75, 3.05) is 12.0 Å². The molecule has 2 aromatic rings. The van der Waals surface area contributed by atoms with E-state index in [1.54, 1.807) is 36.4 Å². The second-order valence-corrected chi connectivity index (χ2v) is 12.1. The molecule has 198 valence electrons. The Morgan fingerprint density at radius 2 is 1.74 bits per heavy atom. The highest BCUT2D eigenvalue weighted by Gasteiger charge is 2.57. The van der Waals surface area contributed by atoms with Crippen molar-refractivity contribution in [1.82, 2.24) is 0 Å². The average Bonchev–Trinajstić information content (AvgIpc) is 3.17. The molecule has 6 rings (SSSR count). The minimum absolute atomic E-state index is 0.131. The predicted octanol–water partition coefficient (Wildman–Crippen LogP) is 5.78. The second kappa shape index (κ2) is 9.57. The molecule has 0 radical (unpaired) electrons. The number of phenols is 1. The third-order valence-corrected chi connectivity index (χ3v) is 9.31. The number of nitrogens with zero attached hydrogens (tertiary/aromatic N) is 1. The zero-order valence-electron chi connectivity index (χ0n) is 20.4. The molecule has 3 aliphatic carbocycles. The van der Waals surface area contributed by atoms with Gasteiger partial charge in [0.1, 0.15) is 0 Å². The summed E-state index contributed by atoms with van der Waals surface area (Å²) in [4.78, 5) is 55.4. The van der Waals surface area contributed by atoms with Crippen LogP contribution in [0.5, 0.6) is 11.5 Å². The van der Waals surface area contributed by atoms with E-state index in [4.69, 9.17) is 16.3 Å². The van der Waals surface area contributed by atoms with Crippen molar-refractivity contribution in [3.63, 3.8) is 0 Å². The van der Waals surface area contributed by atoms with Crippen molar-refractivity contribution in [3.05, 3.63) is 84.8 Å². The first-order valence-corrected chi connectivity index (χ1v) is 14.2. The second-order valence-electron chi connectivity index (χ2n) is 9.93. The third kappa shape index (κ3) is 3.97. The molecule has 10 heteroatoms. The number of hydrogen-bond donors (Lipinski definition) is 1. The number of Topliss-reactive ketones (excluding diaryl/α,β-unsaturated/α-hetero) is 1. The van der Waals surface area contributed by atoms with Crippen LogP contribution < -0.4 is 9.64 Å². The van der Waals surface area contributed by atoms with Gasteiger partial charge in [0.25, 0.3) is 0 Å². The molecule has 0 bridgehead atoms. The van der Waals surface area contributed by atoms with E-state index in [1.807, 2.05) is 6.08 Å². The van der Waals surface area contributed by atoms with Gasteiger partial charge < -0.3 is 9.84 Å². The quantitative estimate of drug-likeness (QED) is 0.252. The van der Waals surface area contributed by atoms with Gasteiger partial charge in [0.2, 0.25) is 11.8 Å². The summed E-state index contributed by atoms with van der Waals surface area (Å²) < 4.78 is 6.11. The van der Waals surface area contributed by atoms with Gasteiger partial charge in [0.05, 0.1) is 29.1 Å². The Labute approximate surface area is 245 Å². The summed E-state index contributed by atoms with van der Waals surface area (Å²) in [6.45, 7) is 0. The smallest absolute Gasteiger partial charge is 0.238 e. The van der Waals surface area contributed by atoms with Crippen molar-refractivity contribution in [2.45, 2.75) is 18.8 Å². The van der Waals surface area contributed by atoms with Crippen molar-refractivity contribution in [2.24, 2.45) is 17.8 Å². The standard InChI is InChI=1S/C29H20Br2ClNO6/c1-39-22-9-12(30)8-18(27(22)36)23-15-6-7-16-24(17(15)10-19-25(23)21(34)11-20(31)26(19)35)29(38)33(28(16)37)14-4-2-13(32)3-5-14/h2-6,8-9,11,16-17,23-24,36H,7,10H2,1H3. The molecule has 4 atom stereocenters. The van der Waals surface area contributed by atoms with Gasteiger partial charge in [-0.05, 0) is 71.1 Å². The monoisotopic (exact) mass is 671 g/mol. The molecule has 1 heterocycles. The van der Waals surface area contributed by atoms with Gasteiger partial charge in [-0.2, -0.15) is 0 Å². The maximum Gasteiger partial charge on any atom is 0.238 e. The Bertz CT molecular complexity index is 1590. The lowest BCUT2D eigenvalue weighted by atomic mass is 9.59. The molecule has 0 spiro atoms. The van der Waals surface area contributed by atoms with Crippen LogP contribution >= 0.6 is 43.5 Å². The van der Waals surface area contributed by atoms with E-state index >= 15 is 0 Å². The molecule has 4 aliphatic rings. The molecular formula is C29H20Br2ClNO6. The first-order chi connectivity index (χ1) is 18.6. The van der Waals surface area contributed by atoms with Crippen LogP contribution in [0.4, 0.5) is 5.69 Å². The fraction of sp³-hybridized carbons (Fsp3) is 0.241. The molecule has 4 unspecified atom stereocenters. The highest BCUT2D eigenvalue weighted by molar-refractivity contribution is 9.12. The molecule has 0 aromatic heterocycles. The fourth-order valence-electron chi connectivity index (χ4n) is 6.38. The summed E-state index contributed by atoms with van der Waals surface area (Å²) in [5.41, 5.74) is 2.09. The van der Waals surface area contributed by atoms with Gasteiger partial charge in [0, 0.05) is 38.2 Å². The largest absolute Gasteiger partial charge is 0.504 e. The number of ketones is 2. The molecule has 2 amide bonds. The Balaban J connectivity index is 1.52. The van der Waals surface area contributed by atoms with Crippen LogP contribution in [0.1, 0.15) is 24.3 Å². The number of ether oxygens (including phenoxy) is 1. The minimum atomic E-state index is -0.799. The number of carbonyl (C=O) groups is 4. The number of aromatic hydroxyl groups is 1. The number of methoxy groups -OCH3 is 1. The molecule has 1 aliphatic heterocycles. The molecule has 2 aromatic carbocycles. The van der Waals surface area contributed by atoms with Gasteiger partial charge in [-0.25, -0.2) is 0 Å². The number of fused-ring (bicyclic) bond motifs is 3. The minimum Gasteiger partial charge on any atom is -0.504 e. The number of imide groups is 1. The molecular weight excluding hydrogens is 654 g/mol. The summed E-state index contributed by atoms with van der Waals surface area (Å²) >= 11 is 12.7. The van der Waals surface area contributed by atoms with Crippen molar-refractivity contribution >= 4 is 72.5 Å². The van der Waals surface area contributed by atoms with Gasteiger partial charge in [-0.1, -0.05) is 39.2 Å². The van der Waals surface area contributed by atoms with Crippen LogP contribution in [-0.4, -0.2) is 35.6 Å². The number of phenolic OH excluding ortho intramolecular Hbond substituents is 1. The fourth-order valence-corrected chi connectivity index (χ4v) is 7.40. The SMILES string of the molecule is COc1cc(Br)cc(C2C3=CCC4C(=O)N(c5ccc(Cl)cc5)C(=O)C4C3CC3=C2C(=O)C=C(Br)C3=O)c1O. The summed E-state index contributed by atoms with van der Waals surface area (Å²) in [6, 6.07) is 9.80. The van der Waals surface area contributed by atoms with Crippen LogP contribution in [0, 0.1) is 17.8 Å². The predicted molar refractivity (Wildman–Crippen MR) is 151 cm³/mol. The van der Waals surface area contributed by atoms with Gasteiger partial charge >= 0.3 is 0 Å². The van der Waals surface area contributed by atoms with Crippen molar-refractivity contribution in [3.8, 4) is 11.5 Å². The number of benzene rings is 2. The third-order valence-electron chi connectivity index (χ3n) is 8.02. The Morgan fingerprint density at radius 1 is 1.03 bits per heavy atom. The van der Waals surface area contributed by atoms with Crippen LogP contribution in [0.25, 0.3) is 0 Å². The van der Waals surface area contributed by atoms with Crippen LogP contribution in [0.15, 0.2) is 74.2 Å². The van der Waals surface area contributed by atoms with E-state index in [0.717, 1.165) is 5.57 Å². The summed E-state index contributed by atoms with van der Waals surface area (Å²) in [5, 5.41) is 11.7. The number of anilines is 1. The highest BCUT2D eigenvalue weighted by Crippen LogP contribution is 2.57. The van der Waals surface area contributed by atoms with Crippen molar-refractivity contribution < 1.29 is 29.0 Å². The lowest BCUT2D eigenvalue weighted by Gasteiger charge is -2.42. The molecule has 7 nitrogen and oxygen atoms in total. The zero-order valence-corrected chi connectivity index (χ0v) is 24.3. The van der Waals surface area contributed by atoms with E-state index in [2.05, 4.69) is 31.9 Å². The van der Waals surface area contributed by atoms with Crippen LogP contribution in [0.2, 0.25) is 5.02 Å². The molecule has 1 fully saturated rings. The Hall–Kier alpha value is -3.01. The molecule has 0 saturated carbocycles. The summed E-state index contributed by atoms with van der Waals surface area (Å²) in [7, 11) is 1.42. The Kier molecular flexibility index (Phi) is 6.44. The van der Waals surface area contributed by atoms with Gasteiger partial charge in [-0.15, -0.1) is 0 Å². The first-order valence-electron chi connectivity index (χ1n) is 12.2. The maximum atomic E-state index is 13.9. The molecule has 1 saturated heterocycles. The Morgan fingerprint density at radius 3 is 2.44 bits per heavy atom. The lowest BCUT2D eigenvalue weighted by molar-refractivity contribution is -0.123. The number of amides is 2. The maximum absolute atomic E-state index is 13.9. The first kappa shape index (κ1) is 26.2. The number of carbonyl (C=O) groups excluding carboxylic acids is 4. The van der Waals surface area contributed by atoms with Crippen LogP contribution in [-0.2, 0) is 19.2 Å². The van der Waals surface area contributed by atoms with Crippen LogP contribution in [0.3, 0.4) is 0 Å². The summed E-state index contributed by atoms with van der Waals surface area (Å²) in [6.07, 6.45) is 3.57. The average molecular weight is 674 g/mol. The normalized spacial score (nSPS) is 26.2. The van der Waals surface area contributed by atoms with E-state index < -0.39 is 23.7 Å². The van der Waals surface area contributed by atoms with Gasteiger partial charge in [-0.3, -0.25) is 24.1 Å². The lowest BCUT2D eigenvalue weighted by Crippen LogP contribution is -2.39.